The number of aryl methyl sites for hydroxylation is 1. The minimum absolute atomic E-state index is 0.332. The van der Waals surface area contributed by atoms with Gasteiger partial charge in [-0.3, -0.25) is 4.99 Å². The number of esters is 1. The molecule has 0 fully saturated rings. The van der Waals surface area contributed by atoms with Crippen molar-refractivity contribution < 1.29 is 9.53 Å². The Hall–Kier alpha value is -3.47. The summed E-state index contributed by atoms with van der Waals surface area (Å²) < 4.78 is 5.05. The van der Waals surface area contributed by atoms with E-state index in [1.807, 2.05) is 49.4 Å². The van der Waals surface area contributed by atoms with E-state index in [-0.39, 0.29) is 5.97 Å². The van der Waals surface area contributed by atoms with Crippen LogP contribution in [-0.4, -0.2) is 23.8 Å². The van der Waals surface area contributed by atoms with Gasteiger partial charge in [-0.05, 0) is 43.7 Å². The van der Waals surface area contributed by atoms with E-state index >= 15 is 0 Å². The highest BCUT2D eigenvalue weighted by Gasteiger charge is 2.09. The first kappa shape index (κ1) is 18.3. The van der Waals surface area contributed by atoms with Gasteiger partial charge >= 0.3 is 5.97 Å². The molecule has 0 atom stereocenters. The number of carbonyl (C=O) groups excluding carboxylic acids is 1. The maximum atomic E-state index is 11.9. The molecule has 3 rings (SSSR count). The monoisotopic (exact) mass is 359 g/mol. The molecule has 1 heterocycles. The van der Waals surface area contributed by atoms with Gasteiger partial charge < -0.3 is 10.5 Å². The molecule has 0 saturated heterocycles. The van der Waals surface area contributed by atoms with Crippen molar-refractivity contribution >= 4 is 34.3 Å². The number of aliphatic imine (C=N–C) groups is 1. The Morgan fingerprint density at radius 3 is 2.78 bits per heavy atom. The van der Waals surface area contributed by atoms with E-state index in [2.05, 4.69) is 9.98 Å². The Morgan fingerprint density at radius 1 is 1.19 bits per heavy atom. The first-order valence-electron chi connectivity index (χ1n) is 8.72. The van der Waals surface area contributed by atoms with Crippen LogP contribution < -0.4 is 5.73 Å². The third-order valence-corrected chi connectivity index (χ3v) is 4.14. The van der Waals surface area contributed by atoms with E-state index in [1.165, 1.54) is 6.20 Å². The van der Waals surface area contributed by atoms with Crippen LogP contribution in [0.4, 0.5) is 5.69 Å². The fraction of sp³-hybridized carbons (Fsp3) is 0.136. The molecule has 2 N–H and O–H groups in total. The van der Waals surface area contributed by atoms with Gasteiger partial charge in [-0.2, -0.15) is 0 Å². The van der Waals surface area contributed by atoms with Gasteiger partial charge in [0, 0.05) is 23.4 Å². The van der Waals surface area contributed by atoms with Crippen LogP contribution in [0.2, 0.25) is 0 Å². The summed E-state index contributed by atoms with van der Waals surface area (Å²) in [4.78, 5) is 21.1. The average molecular weight is 359 g/mol. The van der Waals surface area contributed by atoms with Gasteiger partial charge in [0.1, 0.15) is 0 Å². The van der Waals surface area contributed by atoms with Gasteiger partial charge in [0.15, 0.2) is 0 Å². The van der Waals surface area contributed by atoms with E-state index in [9.17, 15) is 4.79 Å². The van der Waals surface area contributed by atoms with Crippen LogP contribution in [0.15, 0.2) is 65.8 Å². The molecule has 0 saturated carbocycles. The minimum atomic E-state index is -0.361. The van der Waals surface area contributed by atoms with E-state index < -0.39 is 0 Å². The van der Waals surface area contributed by atoms with Crippen LogP contribution >= 0.6 is 0 Å². The summed E-state index contributed by atoms with van der Waals surface area (Å²) in [6, 6.07) is 17.1. The van der Waals surface area contributed by atoms with Gasteiger partial charge in [0.25, 0.3) is 0 Å². The van der Waals surface area contributed by atoms with Crippen molar-refractivity contribution in [2.24, 2.45) is 10.7 Å². The van der Waals surface area contributed by atoms with Crippen molar-refractivity contribution in [2.75, 3.05) is 6.61 Å². The van der Waals surface area contributed by atoms with Gasteiger partial charge in [0.05, 0.1) is 29.1 Å². The van der Waals surface area contributed by atoms with Crippen molar-refractivity contribution in [1.82, 2.24) is 4.98 Å². The minimum Gasteiger partial charge on any atom is -0.462 e. The number of para-hydroxylation sites is 1. The summed E-state index contributed by atoms with van der Waals surface area (Å²) in [5, 5.41) is 1.06. The molecule has 0 spiro atoms. The second kappa shape index (κ2) is 8.27. The normalized spacial score (nSPS) is 11.9. The number of ether oxygens (including phenoxy) is 1. The predicted octanol–water partition coefficient (Wildman–Crippen LogP) is 4.42. The van der Waals surface area contributed by atoms with Gasteiger partial charge in [-0.15, -0.1) is 0 Å². The second-order valence-electron chi connectivity index (χ2n) is 5.99. The van der Waals surface area contributed by atoms with Crippen LogP contribution in [0.25, 0.3) is 16.5 Å². The number of nitrogens with zero attached hydrogens (tertiary/aromatic N) is 2. The molecule has 0 aliphatic rings. The van der Waals surface area contributed by atoms with E-state index in [4.69, 9.17) is 10.5 Å². The maximum absolute atomic E-state index is 11.9. The lowest BCUT2D eigenvalue weighted by molar-refractivity contribution is 0.0526. The SMILES string of the molecule is CCOC(=O)c1ccc(C)c(N=CC(=CN)c2ccc3ccccc3n2)c1. The van der Waals surface area contributed by atoms with E-state index in [1.54, 1.807) is 25.3 Å². The van der Waals surface area contributed by atoms with Crippen LogP contribution in [0.1, 0.15) is 28.5 Å². The molecule has 0 amide bonds. The molecule has 27 heavy (non-hydrogen) atoms. The number of hydrogen-bond acceptors (Lipinski definition) is 5. The van der Waals surface area contributed by atoms with Crippen molar-refractivity contribution in [2.45, 2.75) is 13.8 Å². The van der Waals surface area contributed by atoms with Crippen LogP contribution in [-0.2, 0) is 4.74 Å². The number of aromatic nitrogens is 1. The number of allylic oxidation sites excluding steroid dienone is 1. The van der Waals surface area contributed by atoms with Crippen molar-refractivity contribution in [3.63, 3.8) is 0 Å². The highest BCUT2D eigenvalue weighted by atomic mass is 16.5. The smallest absolute Gasteiger partial charge is 0.338 e. The van der Waals surface area contributed by atoms with E-state index in [0.29, 0.717) is 23.4 Å². The molecular weight excluding hydrogens is 338 g/mol. The van der Waals surface area contributed by atoms with Gasteiger partial charge in [-0.1, -0.05) is 30.3 Å². The molecule has 5 nitrogen and oxygen atoms in total. The Bertz CT molecular complexity index is 1040. The highest BCUT2D eigenvalue weighted by Crippen LogP contribution is 2.22. The molecule has 1 aromatic heterocycles. The molecule has 3 aromatic rings. The zero-order valence-electron chi connectivity index (χ0n) is 15.3. The first-order valence-corrected chi connectivity index (χ1v) is 8.72. The Labute approximate surface area is 158 Å². The molecule has 0 radical (unpaired) electrons. The predicted molar refractivity (Wildman–Crippen MR) is 109 cm³/mol. The summed E-state index contributed by atoms with van der Waals surface area (Å²) in [6.07, 6.45) is 3.14. The van der Waals surface area contributed by atoms with Crippen LogP contribution in [0, 0.1) is 6.92 Å². The fourth-order valence-corrected chi connectivity index (χ4v) is 2.65. The lowest BCUT2D eigenvalue weighted by atomic mass is 10.1. The summed E-state index contributed by atoms with van der Waals surface area (Å²) in [6.45, 7) is 4.04. The molecule has 2 aromatic carbocycles. The van der Waals surface area contributed by atoms with Gasteiger partial charge in [0.2, 0.25) is 0 Å². The third kappa shape index (κ3) is 4.20. The van der Waals surface area contributed by atoms with E-state index in [0.717, 1.165) is 22.2 Å². The summed E-state index contributed by atoms with van der Waals surface area (Å²) >= 11 is 0. The van der Waals surface area contributed by atoms with Crippen molar-refractivity contribution in [3.8, 4) is 0 Å². The first-order chi connectivity index (χ1) is 13.1. The average Bonchev–Trinajstić information content (AvgIpc) is 2.69. The van der Waals surface area contributed by atoms with Gasteiger partial charge in [-0.25, -0.2) is 9.78 Å². The second-order valence-corrected chi connectivity index (χ2v) is 5.99. The summed E-state index contributed by atoms with van der Waals surface area (Å²) in [5.74, 6) is -0.361. The lowest BCUT2D eigenvalue weighted by Gasteiger charge is -2.06. The number of rotatable bonds is 5. The number of pyridine rings is 1. The molecule has 0 aliphatic carbocycles. The Balaban J connectivity index is 1.90. The molecule has 0 bridgehead atoms. The molecule has 5 heteroatoms. The summed E-state index contributed by atoms with van der Waals surface area (Å²) in [7, 11) is 0. The summed E-state index contributed by atoms with van der Waals surface area (Å²) in [5.41, 5.74) is 10.2. The molecule has 136 valence electrons. The van der Waals surface area contributed by atoms with Crippen LogP contribution in [0.3, 0.4) is 0 Å². The topological polar surface area (TPSA) is 77.6 Å². The molecule has 0 unspecified atom stereocenters. The quantitative estimate of drug-likeness (QED) is 0.540. The van der Waals surface area contributed by atoms with Crippen LogP contribution in [0.5, 0.6) is 0 Å². The van der Waals surface area contributed by atoms with Crippen molar-refractivity contribution in [3.05, 3.63) is 77.6 Å². The number of hydrogen-bond donors (Lipinski definition) is 1. The largest absolute Gasteiger partial charge is 0.462 e. The molecule has 0 aliphatic heterocycles. The number of fused-ring (bicyclic) bond motifs is 1. The highest BCUT2D eigenvalue weighted by molar-refractivity contribution is 6.10. The number of benzene rings is 2. The Kier molecular flexibility index (Phi) is 5.61. The number of carbonyl (C=O) groups is 1. The zero-order chi connectivity index (χ0) is 19.2. The Morgan fingerprint density at radius 2 is 2.00 bits per heavy atom. The fourth-order valence-electron chi connectivity index (χ4n) is 2.65. The lowest BCUT2D eigenvalue weighted by Crippen LogP contribution is -2.04. The van der Waals surface area contributed by atoms with Crippen molar-refractivity contribution in [1.29, 1.82) is 0 Å². The standard InChI is InChI=1S/C22H21N3O2/c1-3-27-22(26)17-9-8-15(2)21(12-17)24-14-18(13-23)20-11-10-16-6-4-5-7-19(16)25-20/h4-14H,3,23H2,1-2H3. The number of nitrogens with two attached hydrogens (primary N) is 1. The zero-order valence-corrected chi connectivity index (χ0v) is 15.3. The molecular formula is C22H21N3O2. The third-order valence-electron chi connectivity index (χ3n) is 4.14. The maximum Gasteiger partial charge on any atom is 0.338 e.